The molecule has 0 aromatic heterocycles. The summed E-state index contributed by atoms with van der Waals surface area (Å²) in [5.41, 5.74) is 0.579. The molecule has 0 unspecified atom stereocenters. The first-order valence-corrected chi connectivity index (χ1v) is 8.74. The lowest BCUT2D eigenvalue weighted by Crippen LogP contribution is -2.27. The summed E-state index contributed by atoms with van der Waals surface area (Å²) >= 11 is 0. The Morgan fingerprint density at radius 2 is 1.61 bits per heavy atom. The number of ether oxygens (including phenoxy) is 3. The van der Waals surface area contributed by atoms with Crippen LogP contribution in [-0.4, -0.2) is 37.4 Å². The lowest BCUT2D eigenvalue weighted by atomic mass is 10.1. The van der Waals surface area contributed by atoms with E-state index in [2.05, 4.69) is 4.74 Å². The molecule has 0 fully saturated rings. The van der Waals surface area contributed by atoms with Gasteiger partial charge in [-0.15, -0.1) is 13.2 Å². The van der Waals surface area contributed by atoms with Gasteiger partial charge in [0, 0.05) is 24.7 Å². The van der Waals surface area contributed by atoms with E-state index in [0.29, 0.717) is 30.3 Å². The molecule has 0 N–H and O–H groups in total. The van der Waals surface area contributed by atoms with Crippen LogP contribution in [0.1, 0.15) is 29.8 Å². The van der Waals surface area contributed by atoms with E-state index in [1.807, 2.05) is 13.8 Å². The Morgan fingerprint density at radius 3 is 2.25 bits per heavy atom. The standard InChI is InChI=1S/C20H22F3NO4/c1-4-26-17-11-10-14(12-18(17)27-5-2)19(25)24(3)13-15-8-6-7-9-16(15)28-20(21,22)23/h6-12H,4-5,13H2,1-3H3. The fraction of sp³-hybridized carbons (Fsp3) is 0.350. The summed E-state index contributed by atoms with van der Waals surface area (Å²) in [7, 11) is 1.50. The van der Waals surface area contributed by atoms with E-state index in [9.17, 15) is 18.0 Å². The smallest absolute Gasteiger partial charge is 0.490 e. The van der Waals surface area contributed by atoms with E-state index in [4.69, 9.17) is 9.47 Å². The third kappa shape index (κ3) is 5.80. The lowest BCUT2D eigenvalue weighted by Gasteiger charge is -2.20. The molecule has 28 heavy (non-hydrogen) atoms. The van der Waals surface area contributed by atoms with E-state index in [-0.39, 0.29) is 23.8 Å². The van der Waals surface area contributed by atoms with Crippen molar-refractivity contribution in [1.29, 1.82) is 0 Å². The fourth-order valence-corrected chi connectivity index (χ4v) is 2.59. The third-order valence-electron chi connectivity index (χ3n) is 3.74. The third-order valence-corrected chi connectivity index (χ3v) is 3.74. The molecular weight excluding hydrogens is 375 g/mol. The van der Waals surface area contributed by atoms with Gasteiger partial charge in [0.1, 0.15) is 5.75 Å². The lowest BCUT2D eigenvalue weighted by molar-refractivity contribution is -0.275. The molecule has 5 nitrogen and oxygen atoms in total. The molecule has 1 amide bonds. The summed E-state index contributed by atoms with van der Waals surface area (Å²) < 4.78 is 52.7. The Kier molecular flexibility index (Phi) is 7.14. The zero-order valence-corrected chi connectivity index (χ0v) is 15.9. The van der Waals surface area contributed by atoms with Gasteiger partial charge in [-0.3, -0.25) is 4.79 Å². The minimum Gasteiger partial charge on any atom is -0.490 e. The highest BCUT2D eigenvalue weighted by molar-refractivity contribution is 5.94. The largest absolute Gasteiger partial charge is 0.573 e. The van der Waals surface area contributed by atoms with Crippen LogP contribution in [0.15, 0.2) is 42.5 Å². The molecule has 2 aromatic carbocycles. The number of amides is 1. The molecule has 0 saturated carbocycles. The first kappa shape index (κ1) is 21.4. The molecule has 2 rings (SSSR count). The van der Waals surface area contributed by atoms with Crippen LogP contribution in [0.3, 0.4) is 0 Å². The van der Waals surface area contributed by atoms with Crippen molar-refractivity contribution >= 4 is 5.91 Å². The van der Waals surface area contributed by atoms with Gasteiger partial charge in [0.05, 0.1) is 13.2 Å². The Bertz CT molecular complexity index is 808. The highest BCUT2D eigenvalue weighted by Crippen LogP contribution is 2.30. The fourth-order valence-electron chi connectivity index (χ4n) is 2.59. The number of hydrogen-bond acceptors (Lipinski definition) is 4. The van der Waals surface area contributed by atoms with Crippen LogP contribution in [0.5, 0.6) is 17.2 Å². The maximum absolute atomic E-state index is 12.7. The van der Waals surface area contributed by atoms with E-state index >= 15 is 0 Å². The summed E-state index contributed by atoms with van der Waals surface area (Å²) in [6, 6.07) is 10.5. The predicted octanol–water partition coefficient (Wildman–Crippen LogP) is 4.65. The number of benzene rings is 2. The molecule has 0 saturated heterocycles. The van der Waals surface area contributed by atoms with Gasteiger partial charge in [0.15, 0.2) is 11.5 Å². The number of carbonyl (C=O) groups is 1. The van der Waals surface area contributed by atoms with Crippen molar-refractivity contribution < 1.29 is 32.2 Å². The number of rotatable bonds is 8. The Labute approximate surface area is 161 Å². The van der Waals surface area contributed by atoms with Crippen molar-refractivity contribution in [3.8, 4) is 17.2 Å². The molecule has 0 radical (unpaired) electrons. The van der Waals surface area contributed by atoms with Gasteiger partial charge in [-0.1, -0.05) is 18.2 Å². The average Bonchev–Trinajstić information content (AvgIpc) is 2.63. The van der Waals surface area contributed by atoms with E-state index in [0.717, 1.165) is 0 Å². The van der Waals surface area contributed by atoms with Crippen molar-refractivity contribution in [3.63, 3.8) is 0 Å². The molecule has 2 aromatic rings. The molecule has 0 spiro atoms. The topological polar surface area (TPSA) is 48.0 Å². The Morgan fingerprint density at radius 1 is 0.964 bits per heavy atom. The van der Waals surface area contributed by atoms with Gasteiger partial charge in [0.2, 0.25) is 0 Å². The summed E-state index contributed by atoms with van der Waals surface area (Å²) in [6.45, 7) is 4.44. The minimum atomic E-state index is -4.81. The summed E-state index contributed by atoms with van der Waals surface area (Å²) in [5.74, 6) is 0.249. The van der Waals surface area contributed by atoms with Crippen LogP contribution in [-0.2, 0) is 6.54 Å². The second-order valence-electron chi connectivity index (χ2n) is 5.84. The number of para-hydroxylation sites is 1. The second kappa shape index (κ2) is 9.34. The quantitative estimate of drug-likeness (QED) is 0.650. The number of halogens is 3. The monoisotopic (exact) mass is 397 g/mol. The molecule has 0 aliphatic rings. The normalized spacial score (nSPS) is 11.1. The van der Waals surface area contributed by atoms with Crippen molar-refractivity contribution in [2.24, 2.45) is 0 Å². The van der Waals surface area contributed by atoms with Gasteiger partial charge >= 0.3 is 6.36 Å². The highest BCUT2D eigenvalue weighted by atomic mass is 19.4. The van der Waals surface area contributed by atoms with E-state index in [1.165, 1.54) is 30.1 Å². The molecule has 0 bridgehead atoms. The van der Waals surface area contributed by atoms with Crippen molar-refractivity contribution in [2.75, 3.05) is 20.3 Å². The number of nitrogens with zero attached hydrogens (tertiary/aromatic N) is 1. The Balaban J connectivity index is 2.20. The maximum Gasteiger partial charge on any atom is 0.573 e. The first-order chi connectivity index (χ1) is 13.2. The molecular formula is C20H22F3NO4. The minimum absolute atomic E-state index is 0.0533. The first-order valence-electron chi connectivity index (χ1n) is 8.74. The van der Waals surface area contributed by atoms with Crippen LogP contribution in [0.4, 0.5) is 13.2 Å². The van der Waals surface area contributed by atoms with Crippen molar-refractivity contribution in [1.82, 2.24) is 4.90 Å². The Hall–Kier alpha value is -2.90. The van der Waals surface area contributed by atoms with Crippen LogP contribution < -0.4 is 14.2 Å². The van der Waals surface area contributed by atoms with Crippen LogP contribution in [0, 0.1) is 0 Å². The summed E-state index contributed by atoms with van der Waals surface area (Å²) in [6.07, 6.45) is -4.81. The number of hydrogen-bond donors (Lipinski definition) is 0. The van der Waals surface area contributed by atoms with Crippen molar-refractivity contribution in [2.45, 2.75) is 26.8 Å². The average molecular weight is 397 g/mol. The highest BCUT2D eigenvalue weighted by Gasteiger charge is 2.32. The van der Waals surface area contributed by atoms with Gasteiger partial charge < -0.3 is 19.1 Å². The predicted molar refractivity (Wildman–Crippen MR) is 97.7 cm³/mol. The molecule has 152 valence electrons. The molecule has 8 heteroatoms. The van der Waals surface area contributed by atoms with Gasteiger partial charge in [0.25, 0.3) is 5.91 Å². The van der Waals surface area contributed by atoms with Gasteiger partial charge in [-0.2, -0.15) is 0 Å². The molecule has 0 aliphatic carbocycles. The number of carbonyl (C=O) groups excluding carboxylic acids is 1. The number of alkyl halides is 3. The summed E-state index contributed by atoms with van der Waals surface area (Å²) in [4.78, 5) is 14.0. The van der Waals surface area contributed by atoms with Crippen LogP contribution in [0.2, 0.25) is 0 Å². The van der Waals surface area contributed by atoms with Gasteiger partial charge in [-0.05, 0) is 38.1 Å². The zero-order valence-electron chi connectivity index (χ0n) is 15.9. The molecule has 0 aliphatic heterocycles. The van der Waals surface area contributed by atoms with E-state index in [1.54, 1.807) is 24.3 Å². The molecule has 0 atom stereocenters. The van der Waals surface area contributed by atoms with Crippen LogP contribution >= 0.6 is 0 Å². The zero-order chi connectivity index (χ0) is 20.7. The SMILES string of the molecule is CCOc1ccc(C(=O)N(C)Cc2ccccc2OC(F)(F)F)cc1OCC. The van der Waals surface area contributed by atoms with E-state index < -0.39 is 6.36 Å². The van der Waals surface area contributed by atoms with Crippen LogP contribution in [0.25, 0.3) is 0 Å². The van der Waals surface area contributed by atoms with Gasteiger partial charge in [-0.25, -0.2) is 0 Å². The maximum atomic E-state index is 12.7. The van der Waals surface area contributed by atoms with Crippen molar-refractivity contribution in [3.05, 3.63) is 53.6 Å². The molecule has 0 heterocycles. The summed E-state index contributed by atoms with van der Waals surface area (Å²) in [5, 5.41) is 0. The second-order valence-corrected chi connectivity index (χ2v) is 5.84.